The fourth-order valence-corrected chi connectivity index (χ4v) is 3.00. The molecule has 2 heterocycles. The van der Waals surface area contributed by atoms with Crippen LogP contribution in [0.2, 0.25) is 0 Å². The normalized spacial score (nSPS) is 11.2. The number of aryl methyl sites for hydroxylation is 2. The van der Waals surface area contributed by atoms with E-state index in [4.69, 9.17) is 0 Å². The Bertz CT molecular complexity index is 1210. The highest BCUT2D eigenvalue weighted by Gasteiger charge is 2.14. The molecule has 0 saturated heterocycles. The molecule has 26 heavy (non-hydrogen) atoms. The Morgan fingerprint density at radius 1 is 1.08 bits per heavy atom. The number of carbonyl (C=O) groups excluding carboxylic acids is 1. The number of anilines is 1. The third kappa shape index (κ3) is 2.63. The number of fused-ring (bicyclic) bond motifs is 3. The Kier molecular flexibility index (Phi) is 3.76. The van der Waals surface area contributed by atoms with Crippen LogP contribution < -0.4 is 10.9 Å². The lowest BCUT2D eigenvalue weighted by Gasteiger charge is -2.12. The van der Waals surface area contributed by atoms with Crippen molar-refractivity contribution in [3.05, 3.63) is 70.3 Å². The summed E-state index contributed by atoms with van der Waals surface area (Å²) in [6.45, 7) is 3.90. The number of para-hydroxylation sites is 2. The van der Waals surface area contributed by atoms with Gasteiger partial charge >= 0.3 is 0 Å². The number of nitrogens with zero attached hydrogens (tertiary/aromatic N) is 4. The quantitative estimate of drug-likeness (QED) is 0.616. The van der Waals surface area contributed by atoms with Gasteiger partial charge in [0.25, 0.3) is 5.56 Å². The predicted molar refractivity (Wildman–Crippen MR) is 99.3 cm³/mol. The zero-order valence-corrected chi connectivity index (χ0v) is 14.4. The molecule has 0 saturated carbocycles. The first-order chi connectivity index (χ1) is 12.5. The van der Waals surface area contributed by atoms with Gasteiger partial charge in [0.2, 0.25) is 11.6 Å². The molecule has 0 atom stereocenters. The van der Waals surface area contributed by atoms with Gasteiger partial charge in [0.1, 0.15) is 12.9 Å². The molecular weight excluding hydrogens is 330 g/mol. The molecule has 0 fully saturated rings. The predicted octanol–water partition coefficient (Wildman–Crippen LogP) is 2.30. The Morgan fingerprint density at radius 2 is 1.85 bits per heavy atom. The topological polar surface area (TPSA) is 81.3 Å². The zero-order chi connectivity index (χ0) is 18.3. The molecule has 0 spiro atoms. The number of carbonyl (C=O) groups is 1. The van der Waals surface area contributed by atoms with Crippen molar-refractivity contribution in [1.29, 1.82) is 0 Å². The molecule has 1 amide bonds. The van der Waals surface area contributed by atoms with Crippen LogP contribution in [0.15, 0.2) is 53.6 Å². The van der Waals surface area contributed by atoms with E-state index in [1.807, 2.05) is 50.2 Å². The van der Waals surface area contributed by atoms with Crippen LogP contribution in [0.3, 0.4) is 0 Å². The first kappa shape index (κ1) is 16.0. The highest BCUT2D eigenvalue weighted by molar-refractivity contribution is 5.92. The first-order valence-corrected chi connectivity index (χ1v) is 8.23. The smallest absolute Gasteiger partial charge is 0.297 e. The van der Waals surface area contributed by atoms with Crippen LogP contribution in [0.5, 0.6) is 0 Å². The monoisotopic (exact) mass is 347 g/mol. The van der Waals surface area contributed by atoms with Crippen molar-refractivity contribution in [1.82, 2.24) is 19.2 Å². The Labute approximate surface area is 148 Å². The molecule has 0 bridgehead atoms. The summed E-state index contributed by atoms with van der Waals surface area (Å²) >= 11 is 0. The lowest BCUT2D eigenvalue weighted by atomic mass is 10.1. The summed E-state index contributed by atoms with van der Waals surface area (Å²) in [6.07, 6.45) is 1.50. The molecule has 7 heteroatoms. The van der Waals surface area contributed by atoms with Crippen molar-refractivity contribution in [3.63, 3.8) is 0 Å². The molecule has 7 nitrogen and oxygen atoms in total. The van der Waals surface area contributed by atoms with Crippen molar-refractivity contribution in [2.45, 2.75) is 20.4 Å². The van der Waals surface area contributed by atoms with Gasteiger partial charge in [0, 0.05) is 5.69 Å². The third-order valence-corrected chi connectivity index (χ3v) is 4.51. The maximum atomic E-state index is 12.7. The molecule has 0 radical (unpaired) electrons. The summed E-state index contributed by atoms with van der Waals surface area (Å²) in [5.41, 5.74) is 4.22. The van der Waals surface area contributed by atoms with Crippen LogP contribution in [0, 0.1) is 13.8 Å². The molecule has 130 valence electrons. The van der Waals surface area contributed by atoms with Gasteiger partial charge in [-0.2, -0.15) is 0 Å². The number of rotatable bonds is 3. The largest absolute Gasteiger partial charge is 0.325 e. The van der Waals surface area contributed by atoms with Gasteiger partial charge < -0.3 is 5.32 Å². The van der Waals surface area contributed by atoms with E-state index in [0.29, 0.717) is 11.2 Å². The molecular formula is C19H17N5O2. The van der Waals surface area contributed by atoms with Crippen molar-refractivity contribution >= 4 is 28.3 Å². The van der Waals surface area contributed by atoms with E-state index in [9.17, 15) is 9.59 Å². The minimum Gasteiger partial charge on any atom is -0.325 e. The van der Waals surface area contributed by atoms with Gasteiger partial charge in [0.15, 0.2) is 0 Å². The Hall–Kier alpha value is -3.48. The lowest BCUT2D eigenvalue weighted by molar-refractivity contribution is -0.116. The standard InChI is InChI=1S/C19H17N5O2/c1-12-7-8-14(9-13(12)2)21-17(25)10-23-15-5-3-4-6-16(15)24-11-20-22-18(24)19(23)26/h3-9,11H,10H2,1-2H3,(H,21,25). The number of aromatic nitrogens is 4. The fraction of sp³-hybridized carbons (Fsp3) is 0.158. The van der Waals surface area contributed by atoms with Gasteiger partial charge in [-0.15, -0.1) is 10.2 Å². The van der Waals surface area contributed by atoms with Crippen molar-refractivity contribution in [2.75, 3.05) is 5.32 Å². The number of nitrogens with one attached hydrogen (secondary N) is 1. The first-order valence-electron chi connectivity index (χ1n) is 8.23. The minimum absolute atomic E-state index is 0.102. The number of hydrogen-bond acceptors (Lipinski definition) is 4. The van der Waals surface area contributed by atoms with E-state index in [1.165, 1.54) is 10.9 Å². The Balaban J connectivity index is 1.74. The van der Waals surface area contributed by atoms with Crippen molar-refractivity contribution in [3.8, 4) is 0 Å². The Morgan fingerprint density at radius 3 is 2.62 bits per heavy atom. The summed E-state index contributed by atoms with van der Waals surface area (Å²) < 4.78 is 3.06. The van der Waals surface area contributed by atoms with E-state index in [2.05, 4.69) is 15.5 Å². The van der Waals surface area contributed by atoms with E-state index < -0.39 is 0 Å². The van der Waals surface area contributed by atoms with Crippen LogP contribution >= 0.6 is 0 Å². The molecule has 0 aliphatic rings. The molecule has 2 aromatic heterocycles. The summed E-state index contributed by atoms with van der Waals surface area (Å²) in [7, 11) is 0. The van der Waals surface area contributed by atoms with Gasteiger partial charge in [-0.1, -0.05) is 18.2 Å². The van der Waals surface area contributed by atoms with Crippen LogP contribution in [0.4, 0.5) is 5.69 Å². The average Bonchev–Trinajstić information content (AvgIpc) is 3.12. The lowest BCUT2D eigenvalue weighted by Crippen LogP contribution is -2.29. The summed E-state index contributed by atoms with van der Waals surface area (Å²) in [6, 6.07) is 13.1. The van der Waals surface area contributed by atoms with Gasteiger partial charge in [-0.25, -0.2) is 0 Å². The van der Waals surface area contributed by atoms with E-state index in [0.717, 1.165) is 16.6 Å². The highest BCUT2D eigenvalue weighted by atomic mass is 16.2. The zero-order valence-electron chi connectivity index (χ0n) is 14.4. The van der Waals surface area contributed by atoms with Crippen LogP contribution in [0.25, 0.3) is 16.7 Å². The second kappa shape index (κ2) is 6.11. The highest BCUT2D eigenvalue weighted by Crippen LogP contribution is 2.15. The van der Waals surface area contributed by atoms with Gasteiger partial charge in [-0.3, -0.25) is 18.6 Å². The van der Waals surface area contributed by atoms with Crippen LogP contribution in [-0.2, 0) is 11.3 Å². The third-order valence-electron chi connectivity index (χ3n) is 4.51. The minimum atomic E-state index is -0.351. The summed E-state index contributed by atoms with van der Waals surface area (Å²) in [5.74, 6) is -0.274. The number of benzene rings is 2. The summed E-state index contributed by atoms with van der Waals surface area (Å²) in [5, 5.41) is 10.6. The second-order valence-corrected chi connectivity index (χ2v) is 6.25. The average molecular weight is 347 g/mol. The molecule has 1 N–H and O–H groups in total. The van der Waals surface area contributed by atoms with Crippen LogP contribution in [0.1, 0.15) is 11.1 Å². The molecule has 2 aromatic carbocycles. The van der Waals surface area contributed by atoms with Crippen molar-refractivity contribution in [2.24, 2.45) is 0 Å². The molecule has 0 aliphatic carbocycles. The fourth-order valence-electron chi connectivity index (χ4n) is 3.00. The molecule has 4 aromatic rings. The van der Waals surface area contributed by atoms with Crippen LogP contribution in [-0.4, -0.2) is 25.1 Å². The SMILES string of the molecule is Cc1ccc(NC(=O)Cn2c(=O)c3nncn3c3ccccc32)cc1C. The van der Waals surface area contributed by atoms with E-state index >= 15 is 0 Å². The second-order valence-electron chi connectivity index (χ2n) is 6.25. The van der Waals surface area contributed by atoms with E-state index in [-0.39, 0.29) is 23.7 Å². The van der Waals surface area contributed by atoms with Crippen molar-refractivity contribution < 1.29 is 4.79 Å². The summed E-state index contributed by atoms with van der Waals surface area (Å²) in [4.78, 5) is 25.3. The molecule has 0 unspecified atom stereocenters. The van der Waals surface area contributed by atoms with E-state index in [1.54, 1.807) is 10.5 Å². The molecule has 0 aliphatic heterocycles. The van der Waals surface area contributed by atoms with Gasteiger partial charge in [-0.05, 0) is 49.2 Å². The van der Waals surface area contributed by atoms with Gasteiger partial charge in [0.05, 0.1) is 11.0 Å². The number of amides is 1. The number of hydrogen-bond donors (Lipinski definition) is 1. The maximum absolute atomic E-state index is 12.7. The molecule has 4 rings (SSSR count). The maximum Gasteiger partial charge on any atom is 0.297 e.